The van der Waals surface area contributed by atoms with Crippen LogP contribution in [0.4, 0.5) is 0 Å². The second kappa shape index (κ2) is 9.64. The molecule has 0 amide bonds. The van der Waals surface area contributed by atoms with E-state index in [1.807, 2.05) is 13.8 Å². The van der Waals surface area contributed by atoms with Crippen LogP contribution in [0.2, 0.25) is 0 Å². The number of hydrogen-bond donors (Lipinski definition) is 2. The Morgan fingerprint density at radius 2 is 1.41 bits per heavy atom. The van der Waals surface area contributed by atoms with Crippen LogP contribution in [0.1, 0.15) is 25.0 Å². The molecule has 0 aliphatic carbocycles. The molecule has 0 spiro atoms. The average molecular weight is 437 g/mol. The summed E-state index contributed by atoms with van der Waals surface area (Å²) in [4.78, 5) is -0.512. The predicted molar refractivity (Wildman–Crippen MR) is 99.6 cm³/mol. The molecule has 2 aromatic rings. The molecule has 8 nitrogen and oxygen atoms in total. The molecule has 27 heavy (non-hydrogen) atoms. The summed E-state index contributed by atoms with van der Waals surface area (Å²) in [6.07, 6.45) is 0. The number of hydrogen-bond acceptors (Lipinski definition) is 8. The Labute approximate surface area is 162 Å². The lowest BCUT2D eigenvalue weighted by molar-refractivity contribution is -0.432. The van der Waals surface area contributed by atoms with E-state index < -0.39 is 24.9 Å². The Kier molecular flexibility index (Phi) is 8.42. The van der Waals surface area contributed by atoms with E-state index in [0.29, 0.717) is 22.5 Å². The van der Waals surface area contributed by atoms with Gasteiger partial charge in [0.2, 0.25) is 9.84 Å². The largest absolute Gasteiger partial charge is 0.294 e. The summed E-state index contributed by atoms with van der Waals surface area (Å²) in [6, 6.07) is 7.61. The smallest absolute Gasteiger partial charge is 0.282 e. The molecule has 0 aliphatic heterocycles. The molecule has 0 radical (unpaired) electrons. The van der Waals surface area contributed by atoms with Crippen molar-refractivity contribution in [3.63, 3.8) is 0 Å². The third-order valence-electron chi connectivity index (χ3n) is 3.37. The molecular formula is C16H20O8S3. The molecule has 0 aromatic heterocycles. The lowest BCUT2D eigenvalue weighted by atomic mass is 10.2. The zero-order valence-corrected chi connectivity index (χ0v) is 17.5. The van der Waals surface area contributed by atoms with Crippen LogP contribution in [0, 0.1) is 13.8 Å². The molecule has 0 saturated heterocycles. The fraction of sp³-hybridized carbons (Fsp3) is 0.250. The summed E-state index contributed by atoms with van der Waals surface area (Å²) in [6.45, 7) is 7.13. The molecule has 0 heterocycles. The van der Waals surface area contributed by atoms with E-state index in [1.165, 1.54) is 37.3 Å². The quantitative estimate of drug-likeness (QED) is 0.300. The highest BCUT2D eigenvalue weighted by Crippen LogP contribution is 2.30. The first-order chi connectivity index (χ1) is 12.6. The van der Waals surface area contributed by atoms with Gasteiger partial charge in [-0.2, -0.15) is 8.42 Å². The van der Waals surface area contributed by atoms with E-state index in [9.17, 15) is 21.4 Å². The first-order valence-electron chi connectivity index (χ1n) is 7.66. The van der Waals surface area contributed by atoms with Gasteiger partial charge in [-0.1, -0.05) is 31.0 Å². The van der Waals surface area contributed by atoms with E-state index in [4.69, 9.17) is 5.26 Å². The normalized spacial score (nSPS) is 11.6. The maximum Gasteiger partial charge on any atom is 0.294 e. The van der Waals surface area contributed by atoms with Crippen LogP contribution in [0.3, 0.4) is 0 Å². The molecule has 0 saturated carbocycles. The molecule has 11 heteroatoms. The molecule has 0 fully saturated rings. The summed E-state index contributed by atoms with van der Waals surface area (Å²) in [7, 11) is -8.61. The molecule has 2 N–H and O–H groups in total. The minimum Gasteiger partial charge on any atom is -0.282 e. The van der Waals surface area contributed by atoms with Crippen molar-refractivity contribution in [2.75, 3.05) is 0 Å². The second-order valence-corrected chi connectivity index (χ2v) is 9.14. The highest BCUT2D eigenvalue weighted by molar-refractivity contribution is 7.94. The Morgan fingerprint density at radius 3 is 1.93 bits per heavy atom. The molecular weight excluding hydrogens is 416 g/mol. The van der Waals surface area contributed by atoms with Crippen molar-refractivity contribution in [1.82, 2.24) is 0 Å². The van der Waals surface area contributed by atoms with Crippen molar-refractivity contribution in [3.8, 4) is 0 Å². The van der Waals surface area contributed by atoms with Crippen LogP contribution in [-0.2, 0) is 29.3 Å². The SMILES string of the molecule is CC.Cc1ccc(S(=O)(=O)c2ccc(C)c(S(=O)(=O)O)c2)cc1SOOO. The van der Waals surface area contributed by atoms with Gasteiger partial charge in [0.25, 0.3) is 10.1 Å². The van der Waals surface area contributed by atoms with Gasteiger partial charge in [0.1, 0.15) is 0 Å². The topological polar surface area (TPSA) is 127 Å². The minimum atomic E-state index is -4.56. The summed E-state index contributed by atoms with van der Waals surface area (Å²) in [5, 5.41) is 11.7. The zero-order chi connectivity index (χ0) is 20.8. The van der Waals surface area contributed by atoms with Gasteiger partial charge in [-0.3, -0.25) is 4.55 Å². The molecule has 0 unspecified atom stereocenters. The van der Waals surface area contributed by atoms with Gasteiger partial charge in [-0.05, 0) is 49.2 Å². The van der Waals surface area contributed by atoms with Gasteiger partial charge < -0.3 is 0 Å². The van der Waals surface area contributed by atoms with Crippen LogP contribution in [0.15, 0.2) is 56.0 Å². The van der Waals surface area contributed by atoms with Crippen molar-refractivity contribution < 1.29 is 36.0 Å². The second-order valence-electron chi connectivity index (χ2n) is 5.06. The highest BCUT2D eigenvalue weighted by atomic mass is 32.2. The van der Waals surface area contributed by atoms with E-state index >= 15 is 0 Å². The van der Waals surface area contributed by atoms with E-state index in [-0.39, 0.29) is 15.4 Å². The maximum atomic E-state index is 12.8. The molecule has 0 bridgehead atoms. The fourth-order valence-electron chi connectivity index (χ4n) is 2.05. The zero-order valence-electron chi connectivity index (χ0n) is 15.0. The van der Waals surface area contributed by atoms with Crippen molar-refractivity contribution in [1.29, 1.82) is 0 Å². The lowest BCUT2D eigenvalue weighted by Crippen LogP contribution is -2.07. The summed E-state index contributed by atoms with van der Waals surface area (Å²) in [5.41, 5.74) is 0.888. The van der Waals surface area contributed by atoms with Crippen molar-refractivity contribution in [2.45, 2.75) is 47.3 Å². The molecule has 0 aliphatic rings. The lowest BCUT2D eigenvalue weighted by Gasteiger charge is -2.10. The van der Waals surface area contributed by atoms with Crippen molar-refractivity contribution in [2.24, 2.45) is 0 Å². The Morgan fingerprint density at radius 1 is 0.889 bits per heavy atom. The summed E-state index contributed by atoms with van der Waals surface area (Å²) < 4.78 is 61.8. The monoisotopic (exact) mass is 436 g/mol. The highest BCUT2D eigenvalue weighted by Gasteiger charge is 2.23. The fourth-order valence-corrected chi connectivity index (χ4v) is 4.74. The van der Waals surface area contributed by atoms with Crippen molar-refractivity contribution >= 4 is 32.0 Å². The first-order valence-corrected chi connectivity index (χ1v) is 11.3. The van der Waals surface area contributed by atoms with Gasteiger partial charge in [-0.25, -0.2) is 13.7 Å². The Balaban J connectivity index is 0.00000176. The van der Waals surface area contributed by atoms with Gasteiger partial charge in [-0.15, -0.1) is 4.33 Å². The van der Waals surface area contributed by atoms with Crippen LogP contribution >= 0.6 is 12.0 Å². The van der Waals surface area contributed by atoms with Crippen LogP contribution < -0.4 is 0 Å². The number of aryl methyl sites for hydroxylation is 2. The minimum absolute atomic E-state index is 0.118. The number of benzene rings is 2. The van der Waals surface area contributed by atoms with Gasteiger partial charge >= 0.3 is 0 Å². The predicted octanol–water partition coefficient (Wildman–Crippen LogP) is 3.84. The van der Waals surface area contributed by atoms with Gasteiger partial charge in [0, 0.05) is 4.90 Å². The number of rotatable bonds is 6. The maximum absolute atomic E-state index is 12.8. The number of sulfone groups is 1. The van der Waals surface area contributed by atoms with Gasteiger partial charge in [0.05, 0.1) is 26.7 Å². The molecule has 150 valence electrons. The third-order valence-corrected chi connectivity index (χ3v) is 6.86. The van der Waals surface area contributed by atoms with Gasteiger partial charge in [0.15, 0.2) is 0 Å². The Bertz CT molecular complexity index is 998. The third kappa shape index (κ3) is 5.75. The first kappa shape index (κ1) is 23.6. The average Bonchev–Trinajstić information content (AvgIpc) is 2.61. The standard InChI is InChI=1S/C14H14O8S3.C2H6/c1-9-3-5-11(7-13(9)23-22-21-15)24(16,17)12-6-4-10(2)14(8-12)25(18,19)20;1-2/h3-8,15H,1-2H3,(H,18,19,20);1-2H3. The molecule has 0 atom stereocenters. The van der Waals surface area contributed by atoms with E-state index in [2.05, 4.69) is 9.37 Å². The van der Waals surface area contributed by atoms with Crippen LogP contribution in [0.5, 0.6) is 0 Å². The van der Waals surface area contributed by atoms with E-state index in [0.717, 1.165) is 6.07 Å². The summed E-state index contributed by atoms with van der Waals surface area (Å²) in [5.74, 6) is 0. The van der Waals surface area contributed by atoms with Crippen LogP contribution in [-0.4, -0.2) is 26.6 Å². The molecule has 2 rings (SSSR count). The van der Waals surface area contributed by atoms with Crippen LogP contribution in [0.25, 0.3) is 0 Å². The van der Waals surface area contributed by atoms with Crippen molar-refractivity contribution in [3.05, 3.63) is 47.5 Å². The molecule has 2 aromatic carbocycles. The summed E-state index contributed by atoms with van der Waals surface area (Å²) >= 11 is 0.610. The Hall–Kier alpha value is -1.47. The van der Waals surface area contributed by atoms with E-state index in [1.54, 1.807) is 6.92 Å².